The Balaban J connectivity index is 2.17. The van der Waals surface area contributed by atoms with Gasteiger partial charge < -0.3 is 10.1 Å². The van der Waals surface area contributed by atoms with Gasteiger partial charge in [0.2, 0.25) is 10.0 Å². The van der Waals surface area contributed by atoms with Crippen molar-refractivity contribution in [3.05, 3.63) is 23.2 Å². The molecular weight excluding hydrogens is 328 g/mol. The third-order valence-electron chi connectivity index (χ3n) is 3.19. The average Bonchev–Trinajstić information content (AvgIpc) is 3.24. The summed E-state index contributed by atoms with van der Waals surface area (Å²) in [7, 11) is -3.59. The van der Waals surface area contributed by atoms with Crippen LogP contribution in [-0.4, -0.2) is 33.1 Å². The molecule has 1 atom stereocenters. The van der Waals surface area contributed by atoms with Gasteiger partial charge in [-0.15, -0.1) is 0 Å². The molecule has 1 aromatic carbocycles. The minimum absolute atomic E-state index is 0.0108. The number of sulfonamides is 1. The first-order valence-corrected chi connectivity index (χ1v) is 8.94. The van der Waals surface area contributed by atoms with E-state index in [4.69, 9.17) is 16.3 Å². The quantitative estimate of drug-likeness (QED) is 0.792. The lowest BCUT2D eigenvalue weighted by molar-refractivity contribution is -0.126. The van der Waals surface area contributed by atoms with Crippen LogP contribution in [-0.2, 0) is 19.6 Å². The number of amides is 1. The Morgan fingerprint density at radius 1 is 1.45 bits per heavy atom. The molecule has 0 unspecified atom stereocenters. The van der Waals surface area contributed by atoms with Gasteiger partial charge in [0.25, 0.3) is 5.91 Å². The van der Waals surface area contributed by atoms with Crippen molar-refractivity contribution in [1.82, 2.24) is 4.72 Å². The van der Waals surface area contributed by atoms with Crippen LogP contribution >= 0.6 is 11.6 Å². The number of ether oxygens (including phenoxy) is 1. The van der Waals surface area contributed by atoms with Gasteiger partial charge in [0, 0.05) is 12.6 Å². The van der Waals surface area contributed by atoms with Gasteiger partial charge in [-0.1, -0.05) is 11.6 Å². The summed E-state index contributed by atoms with van der Waals surface area (Å²) >= 11 is 6.02. The third kappa shape index (κ3) is 4.42. The number of benzene rings is 1. The summed E-state index contributed by atoms with van der Waals surface area (Å²) in [6, 6.07) is 4.22. The zero-order valence-electron chi connectivity index (χ0n) is 12.4. The Kier molecular flexibility index (Phi) is 5.44. The summed E-state index contributed by atoms with van der Waals surface area (Å²) in [5, 5.41) is 2.85. The summed E-state index contributed by atoms with van der Waals surface area (Å²) in [6.45, 7) is 3.80. The highest BCUT2D eigenvalue weighted by Gasteiger charge is 2.28. The molecule has 1 amide bonds. The number of carbonyl (C=O) groups excluding carboxylic acids is 1. The first kappa shape index (κ1) is 17.2. The molecule has 1 fully saturated rings. The fourth-order valence-electron chi connectivity index (χ4n) is 1.82. The van der Waals surface area contributed by atoms with E-state index >= 15 is 0 Å². The van der Waals surface area contributed by atoms with Gasteiger partial charge in [0.05, 0.1) is 15.6 Å². The molecule has 0 bridgehead atoms. The number of carbonyl (C=O) groups is 1. The van der Waals surface area contributed by atoms with Gasteiger partial charge in [-0.05, 0) is 44.9 Å². The Hall–Kier alpha value is -1.15. The van der Waals surface area contributed by atoms with E-state index in [-0.39, 0.29) is 27.6 Å². The van der Waals surface area contributed by atoms with Crippen LogP contribution in [0.25, 0.3) is 0 Å². The van der Waals surface area contributed by atoms with Crippen molar-refractivity contribution in [2.45, 2.75) is 43.7 Å². The van der Waals surface area contributed by atoms with Gasteiger partial charge >= 0.3 is 0 Å². The van der Waals surface area contributed by atoms with Gasteiger partial charge in [0.1, 0.15) is 6.10 Å². The van der Waals surface area contributed by atoms with E-state index in [0.29, 0.717) is 6.61 Å². The van der Waals surface area contributed by atoms with E-state index in [1.165, 1.54) is 18.2 Å². The van der Waals surface area contributed by atoms with Crippen molar-refractivity contribution in [2.75, 3.05) is 11.9 Å². The molecule has 6 nitrogen and oxygen atoms in total. The number of anilines is 1. The van der Waals surface area contributed by atoms with Crippen LogP contribution < -0.4 is 10.0 Å². The highest BCUT2D eigenvalue weighted by Crippen LogP contribution is 2.27. The molecule has 2 rings (SSSR count). The molecule has 122 valence electrons. The predicted molar refractivity (Wildman–Crippen MR) is 84.5 cm³/mol. The van der Waals surface area contributed by atoms with E-state index in [2.05, 4.69) is 10.0 Å². The fourth-order valence-corrected chi connectivity index (χ4v) is 3.31. The highest BCUT2D eigenvalue weighted by molar-refractivity contribution is 7.89. The molecule has 8 heteroatoms. The third-order valence-corrected chi connectivity index (χ3v) is 5.04. The molecule has 0 aromatic heterocycles. The van der Waals surface area contributed by atoms with Crippen molar-refractivity contribution >= 4 is 33.2 Å². The number of rotatable bonds is 7. The maximum absolute atomic E-state index is 12.2. The summed E-state index contributed by atoms with van der Waals surface area (Å²) < 4.78 is 32.1. The van der Waals surface area contributed by atoms with E-state index in [0.717, 1.165) is 12.8 Å². The molecule has 22 heavy (non-hydrogen) atoms. The van der Waals surface area contributed by atoms with Gasteiger partial charge in [-0.2, -0.15) is 0 Å². The molecule has 0 saturated heterocycles. The van der Waals surface area contributed by atoms with Crippen molar-refractivity contribution < 1.29 is 17.9 Å². The van der Waals surface area contributed by atoms with Crippen LogP contribution in [0.15, 0.2) is 23.1 Å². The lowest BCUT2D eigenvalue weighted by atomic mass is 10.3. The Bertz CT molecular complexity index is 659. The van der Waals surface area contributed by atoms with Gasteiger partial charge in [-0.25, -0.2) is 13.1 Å². The topological polar surface area (TPSA) is 84.5 Å². The summed E-state index contributed by atoms with van der Waals surface area (Å²) in [5.41, 5.74) is 0.247. The standard InChI is InChI=1S/C14H19ClN2O4S/c1-3-21-9(2)14(18)16-13-8-11(6-7-12(13)15)22(19,20)17-10-4-5-10/h6-10,17H,3-5H2,1-2H3,(H,16,18)/t9-/m0/s1. The molecule has 1 aromatic rings. The van der Waals surface area contributed by atoms with Crippen molar-refractivity contribution in [1.29, 1.82) is 0 Å². The zero-order chi connectivity index (χ0) is 16.3. The molecule has 0 spiro atoms. The number of hydrogen-bond acceptors (Lipinski definition) is 4. The molecule has 2 N–H and O–H groups in total. The molecule has 1 aliphatic rings. The lowest BCUT2D eigenvalue weighted by Crippen LogP contribution is -2.28. The summed E-state index contributed by atoms with van der Waals surface area (Å²) in [6.07, 6.45) is 1.05. The number of hydrogen-bond donors (Lipinski definition) is 2. The second-order valence-corrected chi connectivity index (χ2v) is 7.25. The molecule has 1 saturated carbocycles. The van der Waals surface area contributed by atoms with E-state index < -0.39 is 16.1 Å². The summed E-state index contributed by atoms with van der Waals surface area (Å²) in [5.74, 6) is -0.381. The first-order chi connectivity index (χ1) is 10.3. The number of halogens is 1. The maximum Gasteiger partial charge on any atom is 0.253 e. The van der Waals surface area contributed by atoms with Crippen LogP contribution in [0.3, 0.4) is 0 Å². The lowest BCUT2D eigenvalue weighted by Gasteiger charge is -2.14. The van der Waals surface area contributed by atoms with Crippen LogP contribution in [0.5, 0.6) is 0 Å². The van der Waals surface area contributed by atoms with E-state index in [1.807, 2.05) is 0 Å². The Labute approximate surface area is 135 Å². The van der Waals surface area contributed by atoms with E-state index in [9.17, 15) is 13.2 Å². The molecule has 0 aliphatic heterocycles. The molecular formula is C14H19ClN2O4S. The fraction of sp³-hybridized carbons (Fsp3) is 0.500. The molecule has 0 radical (unpaired) electrons. The minimum Gasteiger partial charge on any atom is -0.369 e. The first-order valence-electron chi connectivity index (χ1n) is 7.08. The monoisotopic (exact) mass is 346 g/mol. The average molecular weight is 347 g/mol. The van der Waals surface area contributed by atoms with Crippen LogP contribution in [0, 0.1) is 0 Å². The van der Waals surface area contributed by atoms with Crippen molar-refractivity contribution in [2.24, 2.45) is 0 Å². The smallest absolute Gasteiger partial charge is 0.253 e. The van der Waals surface area contributed by atoms with Crippen LogP contribution in [0.4, 0.5) is 5.69 Å². The predicted octanol–water partition coefficient (Wildman–Crippen LogP) is 2.14. The SMILES string of the molecule is CCO[C@@H](C)C(=O)Nc1cc(S(=O)(=O)NC2CC2)ccc1Cl. The Morgan fingerprint density at radius 2 is 2.14 bits per heavy atom. The van der Waals surface area contributed by atoms with Crippen molar-refractivity contribution in [3.63, 3.8) is 0 Å². The van der Waals surface area contributed by atoms with E-state index in [1.54, 1.807) is 13.8 Å². The molecule has 1 aliphatic carbocycles. The molecule has 0 heterocycles. The summed E-state index contributed by atoms with van der Waals surface area (Å²) in [4.78, 5) is 12.0. The van der Waals surface area contributed by atoms with Crippen LogP contribution in [0.1, 0.15) is 26.7 Å². The van der Waals surface area contributed by atoms with Gasteiger partial charge in [0.15, 0.2) is 0 Å². The number of nitrogens with one attached hydrogen (secondary N) is 2. The largest absolute Gasteiger partial charge is 0.369 e. The van der Waals surface area contributed by atoms with Gasteiger partial charge in [-0.3, -0.25) is 4.79 Å². The normalized spacial score (nSPS) is 16.3. The highest BCUT2D eigenvalue weighted by atomic mass is 35.5. The maximum atomic E-state index is 12.2. The zero-order valence-corrected chi connectivity index (χ0v) is 14.0. The minimum atomic E-state index is -3.59. The van der Waals surface area contributed by atoms with Crippen molar-refractivity contribution in [3.8, 4) is 0 Å². The Morgan fingerprint density at radius 3 is 2.73 bits per heavy atom. The second-order valence-electron chi connectivity index (χ2n) is 5.12. The van der Waals surface area contributed by atoms with Crippen LogP contribution in [0.2, 0.25) is 5.02 Å². The second kappa shape index (κ2) is 6.95.